The molecule has 1 amide bonds. The maximum atomic E-state index is 12.0. The molecule has 1 aliphatic heterocycles. The van der Waals surface area contributed by atoms with Crippen molar-refractivity contribution in [2.45, 2.75) is 25.4 Å². The molecule has 0 aliphatic carbocycles. The Kier molecular flexibility index (Phi) is 5.85. The van der Waals surface area contributed by atoms with Crippen molar-refractivity contribution < 1.29 is 14.3 Å². The van der Waals surface area contributed by atoms with E-state index in [1.165, 1.54) is 5.56 Å². The van der Waals surface area contributed by atoms with Gasteiger partial charge in [0.1, 0.15) is 5.75 Å². The minimum atomic E-state index is -0.111. The molecule has 4 nitrogen and oxygen atoms in total. The van der Waals surface area contributed by atoms with Crippen LogP contribution in [-0.2, 0) is 16.0 Å². The van der Waals surface area contributed by atoms with Crippen LogP contribution in [0.4, 0.5) is 0 Å². The van der Waals surface area contributed by atoms with E-state index in [0.29, 0.717) is 6.54 Å². The quantitative estimate of drug-likeness (QED) is 0.851. The third-order valence-corrected chi connectivity index (χ3v) is 4.12. The van der Waals surface area contributed by atoms with Crippen LogP contribution in [0.5, 0.6) is 5.75 Å². The minimum Gasteiger partial charge on any atom is -0.483 e. The molecular formula is C20H23NO3. The van der Waals surface area contributed by atoms with Crippen molar-refractivity contribution in [1.82, 2.24) is 5.32 Å². The second kappa shape index (κ2) is 8.50. The molecule has 1 N–H and O–H groups in total. The lowest BCUT2D eigenvalue weighted by atomic mass is 10.0. The first-order valence-corrected chi connectivity index (χ1v) is 8.44. The molecule has 1 saturated heterocycles. The highest BCUT2D eigenvalue weighted by Crippen LogP contribution is 2.21. The predicted molar refractivity (Wildman–Crippen MR) is 93.2 cm³/mol. The van der Waals surface area contributed by atoms with E-state index in [0.717, 1.165) is 37.2 Å². The number of carbonyl (C=O) groups excluding carboxylic acids is 1. The first-order chi connectivity index (χ1) is 11.8. The first-order valence-electron chi connectivity index (χ1n) is 8.44. The molecule has 2 aromatic rings. The van der Waals surface area contributed by atoms with E-state index < -0.39 is 0 Å². The maximum absolute atomic E-state index is 12.0. The molecule has 1 fully saturated rings. The molecule has 1 atom stereocenters. The van der Waals surface area contributed by atoms with Gasteiger partial charge in [0, 0.05) is 19.6 Å². The van der Waals surface area contributed by atoms with Crippen molar-refractivity contribution in [1.29, 1.82) is 0 Å². The highest BCUT2D eigenvalue weighted by Gasteiger charge is 2.16. The fraction of sp³-hybridized carbons (Fsp3) is 0.350. The summed E-state index contributed by atoms with van der Waals surface area (Å²) in [6.07, 6.45) is 3.03. The highest BCUT2D eigenvalue weighted by atomic mass is 16.5. The Hall–Kier alpha value is -2.33. The Balaban J connectivity index is 1.52. The molecule has 126 valence electrons. The standard InChI is InChI=1S/C20H23NO3/c22-20(21-14-18-10-6-12-23-18)15-24-19-11-5-4-9-17(19)13-16-7-2-1-3-8-16/h1-5,7-9,11,18H,6,10,12-15H2,(H,21,22)/t18-/m1/s1. The van der Waals surface area contributed by atoms with Gasteiger partial charge in [-0.15, -0.1) is 0 Å². The largest absolute Gasteiger partial charge is 0.483 e. The molecule has 4 heteroatoms. The Morgan fingerprint density at radius 1 is 1.12 bits per heavy atom. The van der Waals surface area contributed by atoms with E-state index in [1.807, 2.05) is 42.5 Å². The highest BCUT2D eigenvalue weighted by molar-refractivity contribution is 5.77. The van der Waals surface area contributed by atoms with Crippen LogP contribution in [0.1, 0.15) is 24.0 Å². The molecule has 0 aromatic heterocycles. The number of amides is 1. The monoisotopic (exact) mass is 325 g/mol. The Labute approximate surface area is 142 Å². The summed E-state index contributed by atoms with van der Waals surface area (Å²) in [7, 11) is 0. The Morgan fingerprint density at radius 3 is 2.71 bits per heavy atom. The lowest BCUT2D eigenvalue weighted by Crippen LogP contribution is -2.35. The summed E-state index contributed by atoms with van der Waals surface area (Å²) in [5.41, 5.74) is 2.30. The zero-order chi connectivity index (χ0) is 16.6. The molecule has 2 aromatic carbocycles. The summed E-state index contributed by atoms with van der Waals surface area (Å²) >= 11 is 0. The van der Waals surface area contributed by atoms with Gasteiger partial charge in [0.2, 0.25) is 0 Å². The summed E-state index contributed by atoms with van der Waals surface area (Å²) in [6.45, 7) is 1.39. The minimum absolute atomic E-state index is 0.0263. The van der Waals surface area contributed by atoms with Crippen molar-refractivity contribution in [3.8, 4) is 5.75 Å². The second-order valence-corrected chi connectivity index (χ2v) is 6.00. The van der Waals surface area contributed by atoms with Gasteiger partial charge >= 0.3 is 0 Å². The van der Waals surface area contributed by atoms with E-state index in [9.17, 15) is 4.79 Å². The molecule has 0 bridgehead atoms. The Morgan fingerprint density at radius 2 is 1.92 bits per heavy atom. The van der Waals surface area contributed by atoms with Crippen LogP contribution in [-0.4, -0.2) is 31.8 Å². The second-order valence-electron chi connectivity index (χ2n) is 6.00. The van der Waals surface area contributed by atoms with Gasteiger partial charge in [-0.1, -0.05) is 48.5 Å². The summed E-state index contributed by atoms with van der Waals surface area (Å²) in [4.78, 5) is 12.0. The number of benzene rings is 2. The van der Waals surface area contributed by atoms with Crippen LogP contribution < -0.4 is 10.1 Å². The first kappa shape index (κ1) is 16.5. The van der Waals surface area contributed by atoms with Crippen LogP contribution >= 0.6 is 0 Å². The van der Waals surface area contributed by atoms with Crippen molar-refractivity contribution >= 4 is 5.91 Å². The maximum Gasteiger partial charge on any atom is 0.258 e. The summed E-state index contributed by atoms with van der Waals surface area (Å²) in [5.74, 6) is 0.647. The van der Waals surface area contributed by atoms with E-state index in [1.54, 1.807) is 0 Å². The van der Waals surface area contributed by atoms with Crippen LogP contribution in [0.15, 0.2) is 54.6 Å². The predicted octanol–water partition coefficient (Wildman–Crippen LogP) is 2.95. The van der Waals surface area contributed by atoms with Gasteiger partial charge in [0.25, 0.3) is 5.91 Å². The molecule has 3 rings (SSSR count). The van der Waals surface area contributed by atoms with Gasteiger partial charge in [-0.25, -0.2) is 0 Å². The van der Waals surface area contributed by atoms with Crippen molar-refractivity contribution in [2.24, 2.45) is 0 Å². The fourth-order valence-electron chi connectivity index (χ4n) is 2.83. The molecule has 1 heterocycles. The zero-order valence-electron chi connectivity index (χ0n) is 13.7. The van der Waals surface area contributed by atoms with Crippen LogP contribution in [0.3, 0.4) is 0 Å². The number of hydrogen-bond acceptors (Lipinski definition) is 3. The molecular weight excluding hydrogens is 302 g/mol. The molecule has 0 radical (unpaired) electrons. The summed E-state index contributed by atoms with van der Waals surface area (Å²) < 4.78 is 11.2. The smallest absolute Gasteiger partial charge is 0.258 e. The van der Waals surface area contributed by atoms with Crippen LogP contribution in [0.2, 0.25) is 0 Å². The summed E-state index contributed by atoms with van der Waals surface area (Å²) in [6, 6.07) is 18.1. The van der Waals surface area contributed by atoms with Crippen LogP contribution in [0.25, 0.3) is 0 Å². The van der Waals surface area contributed by atoms with Gasteiger partial charge in [-0.05, 0) is 30.0 Å². The summed E-state index contributed by atoms with van der Waals surface area (Å²) in [5, 5.41) is 2.88. The number of ether oxygens (including phenoxy) is 2. The molecule has 0 saturated carbocycles. The van der Waals surface area contributed by atoms with Crippen LogP contribution in [0, 0.1) is 0 Å². The van der Waals surface area contributed by atoms with Gasteiger partial charge in [-0.2, -0.15) is 0 Å². The van der Waals surface area contributed by atoms with E-state index in [4.69, 9.17) is 9.47 Å². The van der Waals surface area contributed by atoms with Gasteiger partial charge < -0.3 is 14.8 Å². The fourth-order valence-corrected chi connectivity index (χ4v) is 2.83. The van der Waals surface area contributed by atoms with Crippen molar-refractivity contribution in [2.75, 3.05) is 19.8 Å². The van der Waals surface area contributed by atoms with E-state index >= 15 is 0 Å². The van der Waals surface area contributed by atoms with E-state index in [-0.39, 0.29) is 18.6 Å². The van der Waals surface area contributed by atoms with Gasteiger partial charge in [-0.3, -0.25) is 4.79 Å². The Bertz CT molecular complexity index is 651. The molecule has 0 spiro atoms. The number of hydrogen-bond donors (Lipinski definition) is 1. The number of carbonyl (C=O) groups is 1. The molecule has 1 aliphatic rings. The SMILES string of the molecule is O=C(COc1ccccc1Cc1ccccc1)NC[C@H]1CCCO1. The van der Waals surface area contributed by atoms with E-state index in [2.05, 4.69) is 17.4 Å². The topological polar surface area (TPSA) is 47.6 Å². The lowest BCUT2D eigenvalue weighted by molar-refractivity contribution is -0.123. The third-order valence-electron chi connectivity index (χ3n) is 4.12. The van der Waals surface area contributed by atoms with Gasteiger partial charge in [0.05, 0.1) is 6.10 Å². The van der Waals surface area contributed by atoms with Gasteiger partial charge in [0.15, 0.2) is 6.61 Å². The number of para-hydroxylation sites is 1. The average molecular weight is 325 g/mol. The average Bonchev–Trinajstić information content (AvgIpc) is 3.14. The van der Waals surface area contributed by atoms with Crippen molar-refractivity contribution in [3.63, 3.8) is 0 Å². The van der Waals surface area contributed by atoms with Crippen molar-refractivity contribution in [3.05, 3.63) is 65.7 Å². The number of rotatable bonds is 7. The third kappa shape index (κ3) is 4.83. The molecule has 0 unspecified atom stereocenters. The lowest BCUT2D eigenvalue weighted by Gasteiger charge is -2.13. The number of nitrogens with one attached hydrogen (secondary N) is 1. The zero-order valence-corrected chi connectivity index (χ0v) is 13.7. The normalized spacial score (nSPS) is 16.8. The molecule has 24 heavy (non-hydrogen) atoms.